The summed E-state index contributed by atoms with van der Waals surface area (Å²) in [6, 6.07) is 9.99. The van der Waals surface area contributed by atoms with Gasteiger partial charge in [0.05, 0.1) is 23.1 Å². The number of anilines is 1. The zero-order valence-electron chi connectivity index (χ0n) is 18.0. The van der Waals surface area contributed by atoms with Gasteiger partial charge < -0.3 is 10.6 Å². The molecule has 1 aliphatic carbocycles. The molecule has 0 saturated carbocycles. The Morgan fingerprint density at radius 1 is 1.30 bits per heavy atom. The highest BCUT2D eigenvalue weighted by Gasteiger charge is 2.52. The summed E-state index contributed by atoms with van der Waals surface area (Å²) in [5.41, 5.74) is 1.60. The number of hydrogen-bond acceptors (Lipinski definition) is 4. The summed E-state index contributed by atoms with van der Waals surface area (Å²) in [4.78, 5) is 30.3. The van der Waals surface area contributed by atoms with Crippen molar-refractivity contribution in [3.63, 3.8) is 0 Å². The van der Waals surface area contributed by atoms with E-state index in [0.29, 0.717) is 22.6 Å². The molecule has 0 spiro atoms. The molecule has 3 aliphatic rings. The standard InChI is InChI=1S/C26H22FN3O2S/c1-3-4-7-15-12-22-26(2,13-19(15)23(31)29-22)24(32)30-25-28-21(14-33-25)18-10-11-20(27)17-9-6-5-8-16(17)18/h3-12,14,19,22H,1,13H2,2H3,(H,29,31)(H,28,30,32)/b7-4-. The van der Waals surface area contributed by atoms with Crippen LogP contribution >= 0.6 is 11.3 Å². The number of amides is 2. The van der Waals surface area contributed by atoms with Crippen LogP contribution in [-0.2, 0) is 9.59 Å². The van der Waals surface area contributed by atoms with Gasteiger partial charge in [-0.25, -0.2) is 9.37 Å². The van der Waals surface area contributed by atoms with Gasteiger partial charge in [-0.3, -0.25) is 9.59 Å². The number of halogens is 1. The summed E-state index contributed by atoms with van der Waals surface area (Å²) >= 11 is 1.32. The Labute approximate surface area is 194 Å². The maximum Gasteiger partial charge on any atom is 0.234 e. The predicted octanol–water partition coefficient (Wildman–Crippen LogP) is 5.23. The first kappa shape index (κ1) is 21.3. The van der Waals surface area contributed by atoms with Crippen LogP contribution in [0.2, 0.25) is 0 Å². The minimum absolute atomic E-state index is 0.0591. The Kier molecular flexibility index (Phi) is 5.21. The number of nitrogens with zero attached hydrogens (tertiary/aromatic N) is 1. The zero-order chi connectivity index (χ0) is 23.2. The molecule has 1 fully saturated rings. The van der Waals surface area contributed by atoms with Crippen LogP contribution in [0.4, 0.5) is 9.52 Å². The molecular formula is C26H22FN3O2S. The topological polar surface area (TPSA) is 71.1 Å². The molecule has 2 aromatic carbocycles. The summed E-state index contributed by atoms with van der Waals surface area (Å²) in [6.07, 6.45) is 7.71. The van der Waals surface area contributed by atoms with Crippen LogP contribution in [0.5, 0.6) is 0 Å². The Morgan fingerprint density at radius 2 is 2.09 bits per heavy atom. The second-order valence-electron chi connectivity index (χ2n) is 8.55. The first-order chi connectivity index (χ1) is 15.9. The Bertz CT molecular complexity index is 1360. The van der Waals surface area contributed by atoms with Gasteiger partial charge in [0.15, 0.2) is 5.13 Å². The van der Waals surface area contributed by atoms with Crippen LogP contribution in [-0.4, -0.2) is 22.8 Å². The normalized spacial score (nSPS) is 24.1. The largest absolute Gasteiger partial charge is 0.348 e. The molecule has 3 heterocycles. The van der Waals surface area contributed by atoms with Crippen LogP contribution in [0.15, 0.2) is 78.2 Å². The molecule has 5 nitrogen and oxygen atoms in total. The maximum absolute atomic E-state index is 14.2. The fraction of sp³-hybridized carbons (Fsp3) is 0.192. The molecule has 1 saturated heterocycles. The third-order valence-electron chi connectivity index (χ3n) is 6.51. The molecule has 1 aromatic heterocycles. The van der Waals surface area contributed by atoms with Gasteiger partial charge in [0, 0.05) is 16.3 Å². The molecule has 2 aliphatic heterocycles. The van der Waals surface area contributed by atoms with Gasteiger partial charge in [0.2, 0.25) is 11.8 Å². The quantitative estimate of drug-likeness (QED) is 0.513. The number of aromatic nitrogens is 1. The van der Waals surface area contributed by atoms with E-state index in [4.69, 9.17) is 0 Å². The number of benzene rings is 2. The van der Waals surface area contributed by atoms with E-state index in [0.717, 1.165) is 16.5 Å². The number of rotatable bonds is 5. The van der Waals surface area contributed by atoms with Crippen molar-refractivity contribution in [2.24, 2.45) is 11.3 Å². The molecule has 2 N–H and O–H groups in total. The van der Waals surface area contributed by atoms with Gasteiger partial charge in [0.25, 0.3) is 0 Å². The molecule has 6 rings (SSSR count). The van der Waals surface area contributed by atoms with Crippen molar-refractivity contribution in [1.29, 1.82) is 0 Å². The number of hydrogen-bond donors (Lipinski definition) is 2. The lowest BCUT2D eigenvalue weighted by Gasteiger charge is -2.46. The molecule has 2 bridgehead atoms. The van der Waals surface area contributed by atoms with E-state index >= 15 is 0 Å². The Morgan fingerprint density at radius 3 is 2.85 bits per heavy atom. The number of thiazole rings is 1. The SMILES string of the molecule is C=C/C=C\C1=CC2NC(=O)C1CC2(C)C(=O)Nc1nc(-c2ccc(F)c3ccccc23)cs1. The van der Waals surface area contributed by atoms with Crippen molar-refractivity contribution in [1.82, 2.24) is 10.3 Å². The fourth-order valence-corrected chi connectivity index (χ4v) is 5.33. The number of nitrogens with one attached hydrogen (secondary N) is 2. The lowest BCUT2D eigenvalue weighted by molar-refractivity contribution is -0.136. The first-order valence-corrected chi connectivity index (χ1v) is 11.5. The second-order valence-corrected chi connectivity index (χ2v) is 9.41. The lowest BCUT2D eigenvalue weighted by Crippen LogP contribution is -2.61. The molecule has 3 atom stereocenters. The highest BCUT2D eigenvalue weighted by atomic mass is 32.1. The smallest absolute Gasteiger partial charge is 0.234 e. The molecule has 166 valence electrons. The summed E-state index contributed by atoms with van der Waals surface area (Å²) < 4.78 is 14.2. The van der Waals surface area contributed by atoms with E-state index < -0.39 is 11.5 Å². The van der Waals surface area contributed by atoms with Gasteiger partial charge in [0.1, 0.15) is 5.82 Å². The van der Waals surface area contributed by atoms with Crippen LogP contribution in [0, 0.1) is 17.2 Å². The van der Waals surface area contributed by atoms with Gasteiger partial charge >= 0.3 is 0 Å². The summed E-state index contributed by atoms with van der Waals surface area (Å²) in [6.45, 7) is 5.54. The molecular weight excluding hydrogens is 437 g/mol. The van der Waals surface area contributed by atoms with E-state index in [2.05, 4.69) is 22.2 Å². The minimum atomic E-state index is -0.793. The lowest BCUT2D eigenvalue weighted by atomic mass is 9.64. The molecule has 33 heavy (non-hydrogen) atoms. The van der Waals surface area contributed by atoms with Crippen molar-refractivity contribution < 1.29 is 14.0 Å². The van der Waals surface area contributed by atoms with E-state index in [1.54, 1.807) is 30.4 Å². The van der Waals surface area contributed by atoms with Crippen LogP contribution in [0.1, 0.15) is 13.3 Å². The van der Waals surface area contributed by atoms with Crippen molar-refractivity contribution in [3.05, 3.63) is 84.1 Å². The van der Waals surface area contributed by atoms with Crippen molar-refractivity contribution in [3.8, 4) is 11.3 Å². The molecule has 7 heteroatoms. The van der Waals surface area contributed by atoms with Crippen LogP contribution in [0.3, 0.4) is 0 Å². The van der Waals surface area contributed by atoms with E-state index in [9.17, 15) is 14.0 Å². The van der Waals surface area contributed by atoms with Gasteiger partial charge in [-0.1, -0.05) is 55.1 Å². The summed E-state index contributed by atoms with van der Waals surface area (Å²) in [5, 5.41) is 9.50. The van der Waals surface area contributed by atoms with Crippen molar-refractivity contribution in [2.75, 3.05) is 5.32 Å². The molecule has 3 aromatic rings. The molecule has 0 radical (unpaired) electrons. The van der Waals surface area contributed by atoms with Crippen molar-refractivity contribution in [2.45, 2.75) is 19.4 Å². The minimum Gasteiger partial charge on any atom is -0.348 e. The van der Waals surface area contributed by atoms with Gasteiger partial charge in [-0.15, -0.1) is 11.3 Å². The number of fused-ring (bicyclic) bond motifs is 3. The first-order valence-electron chi connectivity index (χ1n) is 10.7. The Hall–Kier alpha value is -3.58. The van der Waals surface area contributed by atoms with E-state index in [-0.39, 0.29) is 23.5 Å². The van der Waals surface area contributed by atoms with Gasteiger partial charge in [-0.05, 0) is 36.4 Å². The second kappa shape index (κ2) is 8.08. The van der Waals surface area contributed by atoms with Crippen molar-refractivity contribution >= 4 is 39.1 Å². The third kappa shape index (κ3) is 3.58. The molecule has 2 amide bonds. The monoisotopic (exact) mass is 459 g/mol. The van der Waals surface area contributed by atoms with Crippen LogP contribution < -0.4 is 10.6 Å². The average Bonchev–Trinajstić information content (AvgIpc) is 3.27. The maximum atomic E-state index is 14.2. The van der Waals surface area contributed by atoms with E-state index in [1.165, 1.54) is 17.4 Å². The number of piperidine rings is 1. The summed E-state index contributed by atoms with van der Waals surface area (Å²) in [7, 11) is 0. The Balaban J connectivity index is 1.40. The van der Waals surface area contributed by atoms with Crippen LogP contribution in [0.25, 0.3) is 22.0 Å². The fourth-order valence-electron chi connectivity index (χ4n) is 4.63. The molecule has 3 unspecified atom stereocenters. The number of allylic oxidation sites excluding steroid dienone is 3. The number of carbonyl (C=O) groups is 2. The third-order valence-corrected chi connectivity index (χ3v) is 7.26. The van der Waals surface area contributed by atoms with Gasteiger partial charge in [-0.2, -0.15) is 0 Å². The zero-order valence-corrected chi connectivity index (χ0v) is 18.8. The highest BCUT2D eigenvalue weighted by molar-refractivity contribution is 7.14. The number of carbonyl (C=O) groups excluding carboxylic acids is 2. The van der Waals surface area contributed by atoms with E-state index in [1.807, 2.05) is 36.6 Å². The highest BCUT2D eigenvalue weighted by Crippen LogP contribution is 2.44. The summed E-state index contributed by atoms with van der Waals surface area (Å²) in [5.74, 6) is -0.906. The average molecular weight is 460 g/mol. The predicted molar refractivity (Wildman–Crippen MR) is 129 cm³/mol.